The van der Waals surface area contributed by atoms with E-state index in [4.69, 9.17) is 0 Å². The fourth-order valence-electron chi connectivity index (χ4n) is 1.19. The summed E-state index contributed by atoms with van der Waals surface area (Å²) in [4.78, 5) is 11.8. The van der Waals surface area contributed by atoms with Crippen molar-refractivity contribution in [2.75, 3.05) is 0 Å². The molecular weight excluding hydrogens is 180 g/mol. The van der Waals surface area contributed by atoms with Gasteiger partial charge in [0.15, 0.2) is 0 Å². The summed E-state index contributed by atoms with van der Waals surface area (Å²) in [6, 6.07) is 1.67. The molecule has 2 aromatic heterocycles. The lowest BCUT2D eigenvalue weighted by atomic mass is 10.2. The molecule has 2 aromatic rings. The van der Waals surface area contributed by atoms with E-state index in [1.54, 1.807) is 29.4 Å². The summed E-state index contributed by atoms with van der Waals surface area (Å²) in [6.45, 7) is 0. The number of aryl methyl sites for hydroxylation is 1. The Hall–Kier alpha value is -1.75. The van der Waals surface area contributed by atoms with Gasteiger partial charge in [0.1, 0.15) is 12.4 Å². The molecule has 0 aromatic carbocycles. The second kappa shape index (κ2) is 3.55. The minimum absolute atomic E-state index is 0.554. The third kappa shape index (κ3) is 1.62. The third-order valence-electron chi connectivity index (χ3n) is 1.89. The van der Waals surface area contributed by atoms with Gasteiger partial charge in [0.2, 0.25) is 0 Å². The predicted molar refractivity (Wildman–Crippen MR) is 49.3 cm³/mol. The number of hydrogen-bond acceptors (Lipinski definition) is 4. The van der Waals surface area contributed by atoms with Crippen molar-refractivity contribution in [3.8, 4) is 0 Å². The zero-order valence-electron chi connectivity index (χ0n) is 7.70. The molecule has 5 nitrogen and oxygen atoms in total. The molecular formula is C9H10N4O. The van der Waals surface area contributed by atoms with E-state index < -0.39 is 6.10 Å². The van der Waals surface area contributed by atoms with Gasteiger partial charge in [-0.25, -0.2) is 15.0 Å². The molecule has 2 heterocycles. The van der Waals surface area contributed by atoms with Gasteiger partial charge in [-0.1, -0.05) is 0 Å². The van der Waals surface area contributed by atoms with Gasteiger partial charge in [0, 0.05) is 19.4 Å². The summed E-state index contributed by atoms with van der Waals surface area (Å²) < 4.78 is 1.78. The summed E-state index contributed by atoms with van der Waals surface area (Å²) in [7, 11) is 1.85. The summed E-state index contributed by atoms with van der Waals surface area (Å²) in [5.41, 5.74) is 1.14. The Bertz CT molecular complexity index is 412. The molecule has 1 atom stereocenters. The molecule has 0 amide bonds. The lowest BCUT2D eigenvalue weighted by Gasteiger charge is -2.05. The molecule has 14 heavy (non-hydrogen) atoms. The van der Waals surface area contributed by atoms with Crippen LogP contribution in [0.15, 0.2) is 31.1 Å². The first kappa shape index (κ1) is 8.83. The van der Waals surface area contributed by atoms with Crippen molar-refractivity contribution in [1.29, 1.82) is 0 Å². The maximum absolute atomic E-state index is 9.84. The predicted octanol–water partition coefficient (Wildman–Crippen LogP) is 0.292. The van der Waals surface area contributed by atoms with Crippen molar-refractivity contribution in [2.24, 2.45) is 7.05 Å². The van der Waals surface area contributed by atoms with Crippen molar-refractivity contribution in [3.63, 3.8) is 0 Å². The van der Waals surface area contributed by atoms with Crippen LogP contribution in [0.1, 0.15) is 17.5 Å². The van der Waals surface area contributed by atoms with Crippen LogP contribution in [-0.4, -0.2) is 24.6 Å². The molecule has 1 unspecified atom stereocenters. The van der Waals surface area contributed by atoms with Crippen LogP contribution in [0.2, 0.25) is 0 Å². The second-order valence-electron chi connectivity index (χ2n) is 3.00. The van der Waals surface area contributed by atoms with Crippen molar-refractivity contribution in [1.82, 2.24) is 19.5 Å². The van der Waals surface area contributed by atoms with Crippen LogP contribution in [0.4, 0.5) is 0 Å². The van der Waals surface area contributed by atoms with Crippen LogP contribution in [0.5, 0.6) is 0 Å². The number of nitrogens with zero attached hydrogens (tertiary/aromatic N) is 4. The molecule has 0 saturated carbocycles. The lowest BCUT2D eigenvalue weighted by Crippen LogP contribution is -2.02. The minimum atomic E-state index is -0.779. The van der Waals surface area contributed by atoms with Crippen LogP contribution in [0.25, 0.3) is 0 Å². The van der Waals surface area contributed by atoms with Crippen molar-refractivity contribution < 1.29 is 5.11 Å². The highest BCUT2D eigenvalue weighted by molar-refractivity contribution is 5.15. The van der Waals surface area contributed by atoms with Gasteiger partial charge >= 0.3 is 0 Å². The van der Waals surface area contributed by atoms with Gasteiger partial charge in [-0.2, -0.15) is 0 Å². The Labute approximate surface area is 81.1 Å². The molecule has 0 radical (unpaired) electrons. The van der Waals surface area contributed by atoms with Crippen molar-refractivity contribution >= 4 is 0 Å². The van der Waals surface area contributed by atoms with E-state index in [-0.39, 0.29) is 0 Å². The number of aliphatic hydroxyl groups excluding tert-OH is 1. The molecule has 0 fully saturated rings. The van der Waals surface area contributed by atoms with Gasteiger partial charge in [-0.15, -0.1) is 0 Å². The van der Waals surface area contributed by atoms with Crippen LogP contribution in [0, 0.1) is 0 Å². The van der Waals surface area contributed by atoms with Crippen molar-refractivity contribution in [2.45, 2.75) is 6.10 Å². The molecule has 0 aliphatic carbocycles. The number of hydrogen-bond donors (Lipinski definition) is 1. The van der Waals surface area contributed by atoms with Crippen LogP contribution < -0.4 is 0 Å². The van der Waals surface area contributed by atoms with E-state index in [0.29, 0.717) is 11.4 Å². The Morgan fingerprint density at radius 2 is 2.21 bits per heavy atom. The standard InChI is InChI=1S/C9H10N4O/c1-13-4-8(12-6-13)9(14)7-2-3-10-5-11-7/h2-6,9,14H,1H3. The molecule has 0 aliphatic rings. The molecule has 0 saturated heterocycles. The highest BCUT2D eigenvalue weighted by atomic mass is 16.3. The normalized spacial score (nSPS) is 12.7. The Kier molecular flexibility index (Phi) is 2.24. The number of rotatable bonds is 2. The average molecular weight is 190 g/mol. The third-order valence-corrected chi connectivity index (χ3v) is 1.89. The first-order valence-corrected chi connectivity index (χ1v) is 4.19. The zero-order chi connectivity index (χ0) is 9.97. The highest BCUT2D eigenvalue weighted by Crippen LogP contribution is 2.16. The van der Waals surface area contributed by atoms with E-state index >= 15 is 0 Å². The number of imidazole rings is 1. The maximum atomic E-state index is 9.84. The lowest BCUT2D eigenvalue weighted by molar-refractivity contribution is 0.210. The average Bonchev–Trinajstić information content (AvgIpc) is 2.65. The largest absolute Gasteiger partial charge is 0.380 e. The van der Waals surface area contributed by atoms with Gasteiger partial charge in [0.25, 0.3) is 0 Å². The summed E-state index contributed by atoms with van der Waals surface area (Å²) >= 11 is 0. The zero-order valence-corrected chi connectivity index (χ0v) is 7.70. The molecule has 1 N–H and O–H groups in total. The number of aliphatic hydroxyl groups is 1. The van der Waals surface area contributed by atoms with Crippen LogP contribution >= 0.6 is 0 Å². The molecule has 72 valence electrons. The van der Waals surface area contributed by atoms with Crippen LogP contribution in [0.3, 0.4) is 0 Å². The first-order valence-electron chi connectivity index (χ1n) is 4.19. The monoisotopic (exact) mass is 190 g/mol. The van der Waals surface area contributed by atoms with Gasteiger partial charge in [0.05, 0.1) is 17.7 Å². The van der Waals surface area contributed by atoms with E-state index in [9.17, 15) is 5.11 Å². The topological polar surface area (TPSA) is 63.8 Å². The fraction of sp³-hybridized carbons (Fsp3) is 0.222. The Balaban J connectivity index is 2.29. The Morgan fingerprint density at radius 1 is 1.36 bits per heavy atom. The summed E-state index contributed by atoms with van der Waals surface area (Å²) in [6.07, 6.45) is 5.61. The molecule has 2 rings (SSSR count). The Morgan fingerprint density at radius 3 is 2.79 bits per heavy atom. The number of aromatic nitrogens is 4. The maximum Gasteiger partial charge on any atom is 0.139 e. The quantitative estimate of drug-likeness (QED) is 0.739. The minimum Gasteiger partial charge on any atom is -0.380 e. The summed E-state index contributed by atoms with van der Waals surface area (Å²) in [5, 5.41) is 9.84. The van der Waals surface area contributed by atoms with Gasteiger partial charge < -0.3 is 9.67 Å². The fourth-order valence-corrected chi connectivity index (χ4v) is 1.19. The SMILES string of the molecule is Cn1cnc(C(O)c2ccncn2)c1. The van der Waals surface area contributed by atoms with Crippen LogP contribution in [-0.2, 0) is 7.05 Å². The smallest absolute Gasteiger partial charge is 0.139 e. The highest BCUT2D eigenvalue weighted by Gasteiger charge is 2.13. The van der Waals surface area contributed by atoms with E-state index in [1.165, 1.54) is 6.33 Å². The van der Waals surface area contributed by atoms with E-state index in [0.717, 1.165) is 0 Å². The van der Waals surface area contributed by atoms with Gasteiger partial charge in [-0.05, 0) is 6.07 Å². The van der Waals surface area contributed by atoms with Crippen molar-refractivity contribution in [3.05, 3.63) is 42.5 Å². The molecule has 5 heteroatoms. The van der Waals surface area contributed by atoms with E-state index in [1.807, 2.05) is 7.05 Å². The molecule has 0 aliphatic heterocycles. The second-order valence-corrected chi connectivity index (χ2v) is 3.00. The molecule has 0 bridgehead atoms. The first-order chi connectivity index (χ1) is 6.77. The van der Waals surface area contributed by atoms with E-state index in [2.05, 4.69) is 15.0 Å². The van der Waals surface area contributed by atoms with Gasteiger partial charge in [-0.3, -0.25) is 0 Å². The summed E-state index contributed by atoms with van der Waals surface area (Å²) in [5.74, 6) is 0. The molecule has 0 spiro atoms.